The van der Waals surface area contributed by atoms with Gasteiger partial charge in [0.1, 0.15) is 6.61 Å². The zero-order valence-electron chi connectivity index (χ0n) is 20.0. The summed E-state index contributed by atoms with van der Waals surface area (Å²) in [5, 5.41) is 0.500. The van der Waals surface area contributed by atoms with Gasteiger partial charge in [0.2, 0.25) is 0 Å². The van der Waals surface area contributed by atoms with Crippen LogP contribution in [0, 0.1) is 0 Å². The maximum atomic E-state index is 13.0. The number of fused-ring (bicyclic) bond motifs is 4. The molecule has 2 heterocycles. The second-order valence-electron chi connectivity index (χ2n) is 9.41. The molecule has 3 amide bonds. The van der Waals surface area contributed by atoms with Gasteiger partial charge in [-0.15, -0.1) is 0 Å². The van der Waals surface area contributed by atoms with Crippen molar-refractivity contribution < 1.29 is 28.8 Å². The highest BCUT2D eigenvalue weighted by Gasteiger charge is 2.40. The van der Waals surface area contributed by atoms with Gasteiger partial charge in [-0.3, -0.25) is 9.59 Å². The van der Waals surface area contributed by atoms with Crippen molar-refractivity contribution in [2.75, 3.05) is 13.2 Å². The van der Waals surface area contributed by atoms with Crippen molar-refractivity contribution in [2.45, 2.75) is 31.2 Å². The molecule has 1 aliphatic carbocycles. The monoisotopic (exact) mass is 496 g/mol. The van der Waals surface area contributed by atoms with Crippen molar-refractivity contribution >= 4 is 23.9 Å². The standard InChI is InChI=1S/C29H24N2O6/c32-26(37-31-27(33)23-13-5-6-14-24(23)28(31)34)16-18-8-7-15-30(18)29(35)36-17-25-21-11-3-1-9-19(21)20-10-2-4-12-22(20)25/h1-6,9-14,18,25H,7-8,15-17H2/t18-/m1/s1. The summed E-state index contributed by atoms with van der Waals surface area (Å²) in [6.07, 6.45) is 0.687. The molecule has 3 aliphatic rings. The highest BCUT2D eigenvalue weighted by molar-refractivity contribution is 6.20. The molecular weight excluding hydrogens is 472 g/mol. The Morgan fingerprint density at radius 2 is 1.32 bits per heavy atom. The van der Waals surface area contributed by atoms with Crippen LogP contribution in [0.3, 0.4) is 0 Å². The van der Waals surface area contributed by atoms with Crippen molar-refractivity contribution in [3.05, 3.63) is 95.1 Å². The number of hydrogen-bond acceptors (Lipinski definition) is 6. The summed E-state index contributed by atoms with van der Waals surface area (Å²) in [4.78, 5) is 57.4. The lowest BCUT2D eigenvalue weighted by atomic mass is 9.98. The van der Waals surface area contributed by atoms with E-state index in [0.29, 0.717) is 18.0 Å². The third-order valence-electron chi connectivity index (χ3n) is 7.30. The van der Waals surface area contributed by atoms with E-state index in [0.717, 1.165) is 28.7 Å². The minimum Gasteiger partial charge on any atom is -0.448 e. The highest BCUT2D eigenvalue weighted by Crippen LogP contribution is 2.44. The average molecular weight is 497 g/mol. The maximum absolute atomic E-state index is 13.0. The second kappa shape index (κ2) is 9.20. The predicted molar refractivity (Wildman–Crippen MR) is 132 cm³/mol. The van der Waals surface area contributed by atoms with Gasteiger partial charge in [0.25, 0.3) is 11.8 Å². The van der Waals surface area contributed by atoms with Crippen LogP contribution in [0.15, 0.2) is 72.8 Å². The molecule has 1 fully saturated rings. The largest absolute Gasteiger partial charge is 0.448 e. The van der Waals surface area contributed by atoms with E-state index < -0.39 is 29.9 Å². The van der Waals surface area contributed by atoms with Crippen LogP contribution in [-0.4, -0.2) is 53.0 Å². The minimum atomic E-state index is -0.752. The molecule has 186 valence electrons. The van der Waals surface area contributed by atoms with E-state index in [1.165, 1.54) is 17.0 Å². The third-order valence-corrected chi connectivity index (χ3v) is 7.30. The average Bonchev–Trinajstić information content (AvgIpc) is 3.58. The number of carbonyl (C=O) groups is 4. The Morgan fingerprint density at radius 3 is 1.92 bits per heavy atom. The molecular formula is C29H24N2O6. The van der Waals surface area contributed by atoms with Gasteiger partial charge in [-0.05, 0) is 47.2 Å². The molecule has 0 aromatic heterocycles. The molecule has 3 aromatic carbocycles. The fourth-order valence-corrected chi connectivity index (χ4v) is 5.55. The molecule has 0 bridgehead atoms. The lowest BCUT2D eigenvalue weighted by Gasteiger charge is -2.25. The van der Waals surface area contributed by atoms with Crippen LogP contribution in [-0.2, 0) is 14.4 Å². The molecule has 3 aromatic rings. The molecule has 6 rings (SSSR count). The number of hydroxylamine groups is 2. The van der Waals surface area contributed by atoms with Gasteiger partial charge in [-0.25, -0.2) is 9.59 Å². The highest BCUT2D eigenvalue weighted by atomic mass is 16.7. The normalized spacial score (nSPS) is 18.0. The number of imide groups is 1. The summed E-state index contributed by atoms with van der Waals surface area (Å²) >= 11 is 0. The third kappa shape index (κ3) is 3.94. The van der Waals surface area contributed by atoms with Crippen LogP contribution in [0.1, 0.15) is 57.0 Å². The summed E-state index contributed by atoms with van der Waals surface area (Å²) in [6, 6.07) is 22.1. The molecule has 37 heavy (non-hydrogen) atoms. The topological polar surface area (TPSA) is 93.2 Å². The van der Waals surface area contributed by atoms with Crippen LogP contribution < -0.4 is 0 Å². The number of benzene rings is 3. The summed E-state index contributed by atoms with van der Waals surface area (Å²) in [6.45, 7) is 0.650. The Morgan fingerprint density at radius 1 is 0.784 bits per heavy atom. The van der Waals surface area contributed by atoms with Crippen molar-refractivity contribution in [2.24, 2.45) is 0 Å². The Hall–Kier alpha value is -4.46. The molecule has 0 N–H and O–H groups in total. The van der Waals surface area contributed by atoms with Crippen molar-refractivity contribution in [3.63, 3.8) is 0 Å². The first kappa shape index (κ1) is 23.0. The number of rotatable bonds is 5. The van der Waals surface area contributed by atoms with Gasteiger partial charge in [-0.2, -0.15) is 0 Å². The van der Waals surface area contributed by atoms with E-state index in [1.807, 2.05) is 24.3 Å². The van der Waals surface area contributed by atoms with Crippen molar-refractivity contribution in [1.29, 1.82) is 0 Å². The maximum Gasteiger partial charge on any atom is 0.410 e. The molecule has 8 nitrogen and oxygen atoms in total. The summed E-state index contributed by atoms with van der Waals surface area (Å²) in [7, 11) is 0. The van der Waals surface area contributed by atoms with Crippen LogP contribution in [0.2, 0.25) is 0 Å². The van der Waals surface area contributed by atoms with E-state index in [2.05, 4.69) is 24.3 Å². The number of likely N-dealkylation sites (tertiary alicyclic amines) is 1. The van der Waals surface area contributed by atoms with E-state index >= 15 is 0 Å². The Bertz CT molecular complexity index is 1350. The molecule has 0 spiro atoms. The second-order valence-corrected chi connectivity index (χ2v) is 9.41. The number of hydrogen-bond donors (Lipinski definition) is 0. The Balaban J connectivity index is 1.09. The molecule has 8 heteroatoms. The smallest absolute Gasteiger partial charge is 0.410 e. The molecule has 1 atom stereocenters. The number of nitrogens with zero attached hydrogens (tertiary/aromatic N) is 2. The Kier molecular flexibility index (Phi) is 5.71. The van der Waals surface area contributed by atoms with Gasteiger partial charge >= 0.3 is 12.1 Å². The SMILES string of the molecule is O=C(C[C@H]1CCCN1C(=O)OCC1c2ccccc2-c2ccccc21)ON1C(=O)c2ccccc2C1=O. The fourth-order valence-electron chi connectivity index (χ4n) is 5.55. The van der Waals surface area contributed by atoms with E-state index in [9.17, 15) is 19.2 Å². The number of carbonyl (C=O) groups excluding carboxylic acids is 4. The van der Waals surface area contributed by atoms with Gasteiger partial charge in [0.15, 0.2) is 0 Å². The minimum absolute atomic E-state index is 0.0591. The molecule has 0 unspecified atom stereocenters. The van der Waals surface area contributed by atoms with E-state index in [1.54, 1.807) is 12.1 Å². The Labute approximate surface area is 213 Å². The molecule has 1 saturated heterocycles. The number of amides is 3. The zero-order chi connectivity index (χ0) is 25.5. The van der Waals surface area contributed by atoms with Crippen molar-refractivity contribution in [1.82, 2.24) is 9.96 Å². The first-order chi connectivity index (χ1) is 18.0. The summed E-state index contributed by atoms with van der Waals surface area (Å²) in [5.41, 5.74) is 4.93. The van der Waals surface area contributed by atoms with Crippen molar-refractivity contribution in [3.8, 4) is 11.1 Å². The fraction of sp³-hybridized carbons (Fsp3) is 0.241. The van der Waals surface area contributed by atoms with Gasteiger partial charge < -0.3 is 14.5 Å². The van der Waals surface area contributed by atoms with E-state index in [-0.39, 0.29) is 30.1 Å². The quantitative estimate of drug-likeness (QED) is 0.482. The zero-order valence-corrected chi connectivity index (χ0v) is 20.0. The molecule has 0 radical (unpaired) electrons. The predicted octanol–water partition coefficient (Wildman–Crippen LogP) is 4.54. The first-order valence-corrected chi connectivity index (χ1v) is 12.3. The van der Waals surface area contributed by atoms with Crippen LogP contribution in [0.4, 0.5) is 4.79 Å². The molecule has 2 aliphatic heterocycles. The van der Waals surface area contributed by atoms with Gasteiger partial charge in [-0.1, -0.05) is 65.7 Å². The number of ether oxygens (including phenoxy) is 1. The summed E-state index contributed by atoms with van der Waals surface area (Å²) < 4.78 is 5.76. The summed E-state index contributed by atoms with van der Waals surface area (Å²) in [5.74, 6) is -2.16. The van der Waals surface area contributed by atoms with Crippen LogP contribution in [0.25, 0.3) is 11.1 Å². The lowest BCUT2D eigenvalue weighted by molar-refractivity contribution is -0.169. The van der Waals surface area contributed by atoms with Gasteiger partial charge in [0.05, 0.1) is 17.5 Å². The van der Waals surface area contributed by atoms with Crippen LogP contribution >= 0.6 is 0 Å². The van der Waals surface area contributed by atoms with E-state index in [4.69, 9.17) is 9.57 Å². The molecule has 0 saturated carbocycles. The first-order valence-electron chi connectivity index (χ1n) is 12.3. The van der Waals surface area contributed by atoms with Gasteiger partial charge in [0, 0.05) is 18.5 Å². The van der Waals surface area contributed by atoms with Crippen LogP contribution in [0.5, 0.6) is 0 Å². The lowest BCUT2D eigenvalue weighted by Crippen LogP contribution is -2.40.